The van der Waals surface area contributed by atoms with E-state index in [1.807, 2.05) is 0 Å². The Morgan fingerprint density at radius 3 is 1.59 bits per heavy atom. The van der Waals surface area contributed by atoms with Crippen LogP contribution in [0.25, 0.3) is 0 Å². The lowest BCUT2D eigenvalue weighted by Crippen LogP contribution is -2.64. The lowest BCUT2D eigenvalue weighted by molar-refractivity contribution is -0.543. The van der Waals surface area contributed by atoms with Gasteiger partial charge >= 0.3 is 42.5 Å². The van der Waals surface area contributed by atoms with E-state index in [2.05, 4.69) is 16.1 Å². The predicted octanol–water partition coefficient (Wildman–Crippen LogP) is 6.93. The molecule has 0 aromatic carbocycles. The van der Waals surface area contributed by atoms with Gasteiger partial charge in [0.15, 0.2) is 0 Å². The molecule has 0 radical (unpaired) electrons. The Labute approximate surface area is 179 Å². The van der Waals surface area contributed by atoms with Gasteiger partial charge in [-0.1, -0.05) is 6.08 Å². The number of hydrogen-bond donors (Lipinski definition) is 0. The van der Waals surface area contributed by atoms with Crippen molar-refractivity contribution in [2.75, 3.05) is 13.2 Å². The van der Waals surface area contributed by atoms with Crippen LogP contribution in [0.5, 0.6) is 0 Å². The Morgan fingerprint density at radius 2 is 1.15 bits per heavy atom. The van der Waals surface area contributed by atoms with Gasteiger partial charge in [0.25, 0.3) is 0 Å². The second kappa shape index (κ2) is 10.6. The predicted molar refractivity (Wildman–Crippen MR) is 77.7 cm³/mol. The highest BCUT2D eigenvalue weighted by Crippen LogP contribution is 2.55. The molecule has 0 spiro atoms. The van der Waals surface area contributed by atoms with Crippen molar-refractivity contribution >= 4 is 0 Å². The molecule has 0 saturated carbocycles. The average molecular weight is 546 g/mol. The van der Waals surface area contributed by atoms with E-state index in [1.54, 1.807) is 0 Å². The van der Waals surface area contributed by atoms with E-state index in [-0.39, 0.29) is 19.3 Å². The maximum Gasteiger partial charge on any atom is 0.460 e. The van der Waals surface area contributed by atoms with Crippen molar-refractivity contribution in [1.82, 2.24) is 0 Å². The molecule has 204 valence electrons. The third-order valence-corrected chi connectivity index (χ3v) is 3.48. The monoisotopic (exact) mass is 546 g/mol. The molecule has 0 aliphatic rings. The maximum atomic E-state index is 13.3. The molecule has 0 aliphatic heterocycles. The minimum atomic E-state index is -7.93. The number of allylic oxidation sites excluding steroid dienone is 1. The summed E-state index contributed by atoms with van der Waals surface area (Å²) in [5.41, 5.74) is 0. The van der Waals surface area contributed by atoms with E-state index in [1.165, 1.54) is 10.8 Å². The molecule has 0 aromatic rings. The summed E-state index contributed by atoms with van der Waals surface area (Å²) in [6, 6.07) is 0. The maximum absolute atomic E-state index is 13.3. The SMILES string of the molecule is C=CCCCC(F)COCC(F)(F)OC(F)(F)C(F)(F)OC(F)(F)C(F)(F)C(F)(F)C(F)(F)F. The molecule has 1 unspecified atom stereocenters. The Balaban J connectivity index is 5.38. The fraction of sp³-hybridized carbons (Fsp3) is 0.867. The average Bonchev–Trinajstić information content (AvgIpc) is 2.58. The van der Waals surface area contributed by atoms with E-state index >= 15 is 0 Å². The topological polar surface area (TPSA) is 27.7 Å². The number of halogens is 16. The van der Waals surface area contributed by atoms with Crippen LogP contribution in [0, 0.1) is 0 Å². The van der Waals surface area contributed by atoms with Gasteiger partial charge in [0, 0.05) is 0 Å². The van der Waals surface area contributed by atoms with Crippen molar-refractivity contribution in [1.29, 1.82) is 0 Å². The first-order valence-electron chi connectivity index (χ1n) is 8.43. The third-order valence-electron chi connectivity index (χ3n) is 3.48. The lowest BCUT2D eigenvalue weighted by atomic mass is 10.1. The summed E-state index contributed by atoms with van der Waals surface area (Å²) in [6.07, 6.45) is -35.7. The molecular weight excluding hydrogens is 532 g/mol. The van der Waals surface area contributed by atoms with Crippen molar-refractivity contribution in [3.63, 3.8) is 0 Å². The smallest absolute Gasteiger partial charge is 0.369 e. The summed E-state index contributed by atoms with van der Waals surface area (Å²) < 4.78 is 213. The minimum absolute atomic E-state index is 0.134. The first-order chi connectivity index (χ1) is 14.9. The third kappa shape index (κ3) is 7.76. The zero-order valence-corrected chi connectivity index (χ0v) is 16.2. The van der Waals surface area contributed by atoms with Crippen LogP contribution in [0.1, 0.15) is 19.3 Å². The van der Waals surface area contributed by atoms with Gasteiger partial charge in [-0.25, -0.2) is 13.9 Å². The van der Waals surface area contributed by atoms with Crippen LogP contribution in [-0.4, -0.2) is 61.8 Å². The number of alkyl halides is 16. The van der Waals surface area contributed by atoms with E-state index in [9.17, 15) is 70.2 Å². The number of unbranched alkanes of at least 4 members (excludes halogenated alkanes) is 1. The molecule has 3 nitrogen and oxygen atoms in total. The van der Waals surface area contributed by atoms with Crippen LogP contribution in [0.3, 0.4) is 0 Å². The summed E-state index contributed by atoms with van der Waals surface area (Å²) >= 11 is 0. The van der Waals surface area contributed by atoms with Crippen LogP contribution < -0.4 is 0 Å². The molecule has 0 saturated heterocycles. The van der Waals surface area contributed by atoms with E-state index in [0.717, 1.165) is 0 Å². The molecule has 0 aliphatic carbocycles. The van der Waals surface area contributed by atoms with Gasteiger partial charge in [-0.15, -0.1) is 6.58 Å². The molecule has 19 heteroatoms. The highest BCUT2D eigenvalue weighted by atomic mass is 19.4. The molecule has 1 atom stereocenters. The quantitative estimate of drug-likeness (QED) is 0.127. The van der Waals surface area contributed by atoms with Crippen molar-refractivity contribution in [3.8, 4) is 0 Å². The standard InChI is InChI=1S/C15H14F16O3/c1-2-3-4-5-8(16)6-32-7-9(17,18)33-14(28,29)15(30,31)34-13(26,27)11(21,22)10(19,20)12(23,24)25/h2,8H,1,3-7H2. The molecule has 0 rings (SSSR count). The summed E-state index contributed by atoms with van der Waals surface area (Å²) in [5, 5.41) is 0. The van der Waals surface area contributed by atoms with Crippen LogP contribution in [0.4, 0.5) is 70.2 Å². The largest absolute Gasteiger partial charge is 0.460 e. The van der Waals surface area contributed by atoms with E-state index in [0.29, 0.717) is 0 Å². The molecule has 0 N–H and O–H groups in total. The van der Waals surface area contributed by atoms with Crippen LogP contribution in [0.15, 0.2) is 12.7 Å². The van der Waals surface area contributed by atoms with Gasteiger partial charge in [-0.05, 0) is 19.3 Å². The molecule has 0 heterocycles. The Bertz CT molecular complexity index is 661. The first kappa shape index (κ1) is 32.5. The zero-order valence-electron chi connectivity index (χ0n) is 16.2. The van der Waals surface area contributed by atoms with Gasteiger partial charge in [0.1, 0.15) is 12.8 Å². The van der Waals surface area contributed by atoms with Crippen molar-refractivity contribution < 1.29 is 84.5 Å². The molecule has 0 fully saturated rings. The highest BCUT2D eigenvalue weighted by molar-refractivity contribution is 4.97. The fourth-order valence-corrected chi connectivity index (χ4v) is 1.79. The fourth-order valence-electron chi connectivity index (χ4n) is 1.79. The Hall–Kier alpha value is -1.50. The van der Waals surface area contributed by atoms with Gasteiger partial charge in [-0.3, -0.25) is 0 Å². The van der Waals surface area contributed by atoms with Crippen LogP contribution in [0.2, 0.25) is 0 Å². The zero-order chi connectivity index (χ0) is 27.4. The van der Waals surface area contributed by atoms with E-state index < -0.39 is 61.8 Å². The molecule has 0 amide bonds. The van der Waals surface area contributed by atoms with Gasteiger partial charge in [0.05, 0.1) is 6.61 Å². The van der Waals surface area contributed by atoms with Gasteiger partial charge < -0.3 is 4.74 Å². The van der Waals surface area contributed by atoms with Gasteiger partial charge in [0.2, 0.25) is 0 Å². The van der Waals surface area contributed by atoms with Crippen molar-refractivity contribution in [2.24, 2.45) is 0 Å². The lowest BCUT2D eigenvalue weighted by Gasteiger charge is -2.36. The summed E-state index contributed by atoms with van der Waals surface area (Å²) in [4.78, 5) is 0. The van der Waals surface area contributed by atoms with Gasteiger partial charge in [-0.2, -0.15) is 65.9 Å². The van der Waals surface area contributed by atoms with Crippen molar-refractivity contribution in [3.05, 3.63) is 12.7 Å². The summed E-state index contributed by atoms with van der Waals surface area (Å²) in [6.45, 7) is -0.386. The minimum Gasteiger partial charge on any atom is -0.369 e. The van der Waals surface area contributed by atoms with Crippen LogP contribution in [-0.2, 0) is 14.2 Å². The molecule has 0 bridgehead atoms. The van der Waals surface area contributed by atoms with Crippen molar-refractivity contribution in [2.45, 2.75) is 67.9 Å². The summed E-state index contributed by atoms with van der Waals surface area (Å²) in [7, 11) is 0. The Kier molecular flexibility index (Phi) is 10.2. The number of ether oxygens (including phenoxy) is 3. The molecule has 0 aromatic heterocycles. The Morgan fingerprint density at radius 1 is 0.676 bits per heavy atom. The second-order valence-electron chi connectivity index (χ2n) is 6.37. The normalized spacial score (nSPS) is 16.0. The molecule has 34 heavy (non-hydrogen) atoms. The highest BCUT2D eigenvalue weighted by Gasteiger charge is 2.85. The second-order valence-corrected chi connectivity index (χ2v) is 6.37. The number of hydrogen-bond acceptors (Lipinski definition) is 3. The van der Waals surface area contributed by atoms with E-state index in [4.69, 9.17) is 0 Å². The van der Waals surface area contributed by atoms with Crippen LogP contribution >= 0.6 is 0 Å². The number of rotatable bonds is 15. The first-order valence-corrected chi connectivity index (χ1v) is 8.43. The summed E-state index contributed by atoms with van der Waals surface area (Å²) in [5.74, 6) is -15.7. The molecular formula is C15H14F16O3.